The predicted molar refractivity (Wildman–Crippen MR) is 87.8 cm³/mol. The first kappa shape index (κ1) is 17.6. The summed E-state index contributed by atoms with van der Waals surface area (Å²) in [5.41, 5.74) is 6.14. The number of aliphatic hydroxyl groups excluding tert-OH is 1. The predicted octanol–water partition coefficient (Wildman–Crippen LogP) is 2.83. The van der Waals surface area contributed by atoms with Gasteiger partial charge in [0.1, 0.15) is 11.4 Å². The summed E-state index contributed by atoms with van der Waals surface area (Å²) in [6.45, 7) is 10.8. The Kier molecular flexibility index (Phi) is 6.27. The summed E-state index contributed by atoms with van der Waals surface area (Å²) in [6, 6.07) is 4.05. The van der Waals surface area contributed by atoms with Crippen LogP contribution in [0.5, 0.6) is 5.88 Å². The van der Waals surface area contributed by atoms with E-state index >= 15 is 0 Å². The van der Waals surface area contributed by atoms with Gasteiger partial charge in [0.25, 0.3) is 0 Å². The van der Waals surface area contributed by atoms with Crippen molar-refractivity contribution in [2.24, 2.45) is 0 Å². The molecular weight excluding hydrogens is 266 g/mol. The monoisotopic (exact) mass is 295 g/mol. The summed E-state index contributed by atoms with van der Waals surface area (Å²) in [5.74, 6) is 1.25. The quantitative estimate of drug-likeness (QED) is 0.809. The first-order chi connectivity index (χ1) is 9.82. The third-order valence-corrected chi connectivity index (χ3v) is 3.30. The van der Waals surface area contributed by atoms with Crippen LogP contribution < -0.4 is 15.4 Å². The van der Waals surface area contributed by atoms with E-state index < -0.39 is 0 Å². The maximum absolute atomic E-state index is 9.32. The van der Waals surface area contributed by atoms with E-state index in [1.54, 1.807) is 0 Å². The average molecular weight is 295 g/mol. The van der Waals surface area contributed by atoms with Gasteiger partial charge < -0.3 is 20.5 Å². The largest absolute Gasteiger partial charge is 0.470 e. The maximum Gasteiger partial charge on any atom is 0.239 e. The molecule has 21 heavy (non-hydrogen) atoms. The van der Waals surface area contributed by atoms with Crippen LogP contribution in [0.2, 0.25) is 0 Å². The van der Waals surface area contributed by atoms with Gasteiger partial charge in [0.05, 0.1) is 12.3 Å². The van der Waals surface area contributed by atoms with Gasteiger partial charge in [0, 0.05) is 12.6 Å². The van der Waals surface area contributed by atoms with E-state index in [4.69, 9.17) is 10.5 Å². The van der Waals surface area contributed by atoms with Crippen LogP contribution in [0.4, 0.5) is 11.5 Å². The molecule has 3 N–H and O–H groups in total. The molecule has 1 aromatic heterocycles. The van der Waals surface area contributed by atoms with Crippen molar-refractivity contribution in [3.05, 3.63) is 12.1 Å². The Morgan fingerprint density at radius 2 is 1.90 bits per heavy atom. The van der Waals surface area contributed by atoms with Gasteiger partial charge in [-0.2, -0.15) is 4.98 Å². The summed E-state index contributed by atoms with van der Waals surface area (Å²) >= 11 is 0. The highest BCUT2D eigenvalue weighted by Gasteiger charge is 2.20. The molecule has 0 saturated carbocycles. The summed E-state index contributed by atoms with van der Waals surface area (Å²) in [7, 11) is 0. The Morgan fingerprint density at radius 1 is 1.29 bits per heavy atom. The molecule has 120 valence electrons. The van der Waals surface area contributed by atoms with Crippen molar-refractivity contribution in [2.75, 3.05) is 23.8 Å². The Bertz CT molecular complexity index is 440. The lowest BCUT2D eigenvalue weighted by molar-refractivity contribution is 0.125. The molecular formula is C16H29N3O2. The normalized spacial score (nSPS) is 11.8. The Morgan fingerprint density at radius 3 is 2.38 bits per heavy atom. The van der Waals surface area contributed by atoms with Gasteiger partial charge in [-0.3, -0.25) is 0 Å². The Hall–Kier alpha value is -1.49. The van der Waals surface area contributed by atoms with Crippen molar-refractivity contribution >= 4 is 11.5 Å². The average Bonchev–Trinajstić information content (AvgIpc) is 2.40. The zero-order chi connectivity index (χ0) is 16.0. The number of pyridine rings is 1. The summed E-state index contributed by atoms with van der Waals surface area (Å²) in [5, 5.41) is 9.32. The molecule has 1 heterocycles. The molecule has 0 aliphatic heterocycles. The van der Waals surface area contributed by atoms with Crippen LogP contribution >= 0.6 is 0 Å². The highest BCUT2D eigenvalue weighted by atomic mass is 16.5. The molecule has 1 aromatic rings. The number of aliphatic hydroxyl groups is 1. The van der Waals surface area contributed by atoms with Gasteiger partial charge >= 0.3 is 0 Å². The molecule has 0 aromatic carbocycles. The van der Waals surface area contributed by atoms with Crippen molar-refractivity contribution < 1.29 is 9.84 Å². The molecule has 0 atom stereocenters. The number of aromatic nitrogens is 1. The summed E-state index contributed by atoms with van der Waals surface area (Å²) in [4.78, 5) is 6.68. The van der Waals surface area contributed by atoms with Gasteiger partial charge in [-0.1, -0.05) is 13.8 Å². The molecule has 0 radical (unpaired) electrons. The number of hydrogen-bond acceptors (Lipinski definition) is 5. The van der Waals surface area contributed by atoms with Crippen molar-refractivity contribution in [3.63, 3.8) is 0 Å². The minimum atomic E-state index is -0.351. The number of hydrogen-bond donors (Lipinski definition) is 2. The molecule has 0 spiro atoms. The van der Waals surface area contributed by atoms with Gasteiger partial charge in [-0.05, 0) is 45.7 Å². The van der Waals surface area contributed by atoms with E-state index in [1.165, 1.54) is 0 Å². The molecule has 1 rings (SSSR count). The van der Waals surface area contributed by atoms with Crippen LogP contribution in [0.25, 0.3) is 0 Å². The van der Waals surface area contributed by atoms with Crippen LogP contribution in [-0.2, 0) is 0 Å². The van der Waals surface area contributed by atoms with Crippen molar-refractivity contribution in [2.45, 2.75) is 59.1 Å². The van der Waals surface area contributed by atoms with E-state index in [0.29, 0.717) is 24.2 Å². The number of anilines is 2. The number of nitrogen functional groups attached to an aromatic ring is 1. The lowest BCUT2D eigenvalue weighted by atomic mass is 10.1. The third-order valence-electron chi connectivity index (χ3n) is 3.30. The van der Waals surface area contributed by atoms with E-state index in [-0.39, 0.29) is 12.2 Å². The van der Waals surface area contributed by atoms with Crippen LogP contribution in [0.1, 0.15) is 47.5 Å². The van der Waals surface area contributed by atoms with E-state index in [2.05, 4.69) is 23.7 Å². The fraction of sp³-hybridized carbons (Fsp3) is 0.688. The standard InChI is InChI=1S/C16H29N3O2/c1-6-12(7-2)19(10-11-20)14-9-8-13(17)15(18-14)21-16(3,4)5/h8-9,12,20H,6-7,10-11,17H2,1-5H3. The van der Waals surface area contributed by atoms with E-state index in [1.807, 2.05) is 32.9 Å². The molecule has 0 unspecified atom stereocenters. The molecule has 0 saturated heterocycles. The minimum Gasteiger partial charge on any atom is -0.470 e. The second-order valence-electron chi connectivity index (χ2n) is 6.17. The fourth-order valence-corrected chi connectivity index (χ4v) is 2.29. The summed E-state index contributed by atoms with van der Waals surface area (Å²) < 4.78 is 5.82. The lowest BCUT2D eigenvalue weighted by Gasteiger charge is -2.32. The lowest BCUT2D eigenvalue weighted by Crippen LogP contribution is -2.37. The maximum atomic E-state index is 9.32. The smallest absolute Gasteiger partial charge is 0.239 e. The van der Waals surface area contributed by atoms with Crippen molar-refractivity contribution in [3.8, 4) is 5.88 Å². The van der Waals surface area contributed by atoms with Crippen LogP contribution in [-0.4, -0.2) is 34.9 Å². The van der Waals surface area contributed by atoms with Gasteiger partial charge in [-0.25, -0.2) is 0 Å². The Labute approximate surface area is 128 Å². The SMILES string of the molecule is CCC(CC)N(CCO)c1ccc(N)c(OC(C)(C)C)n1. The second kappa shape index (κ2) is 7.50. The second-order valence-corrected chi connectivity index (χ2v) is 6.17. The fourth-order valence-electron chi connectivity index (χ4n) is 2.29. The molecule has 0 aliphatic rings. The minimum absolute atomic E-state index is 0.0953. The number of ether oxygens (including phenoxy) is 1. The number of nitrogens with two attached hydrogens (primary N) is 1. The molecule has 5 heteroatoms. The van der Waals surface area contributed by atoms with Crippen LogP contribution in [0.3, 0.4) is 0 Å². The van der Waals surface area contributed by atoms with Gasteiger partial charge in [0.2, 0.25) is 5.88 Å². The van der Waals surface area contributed by atoms with Gasteiger partial charge in [-0.15, -0.1) is 0 Å². The zero-order valence-electron chi connectivity index (χ0n) is 13.9. The van der Waals surface area contributed by atoms with Crippen LogP contribution in [0.15, 0.2) is 12.1 Å². The highest BCUT2D eigenvalue weighted by molar-refractivity contribution is 5.55. The Balaban J connectivity index is 3.11. The number of rotatable bonds is 7. The van der Waals surface area contributed by atoms with E-state index in [0.717, 1.165) is 18.7 Å². The molecule has 0 bridgehead atoms. The van der Waals surface area contributed by atoms with Crippen LogP contribution in [0, 0.1) is 0 Å². The summed E-state index contributed by atoms with van der Waals surface area (Å²) in [6.07, 6.45) is 2.00. The van der Waals surface area contributed by atoms with E-state index in [9.17, 15) is 5.11 Å². The van der Waals surface area contributed by atoms with Crippen molar-refractivity contribution in [1.82, 2.24) is 4.98 Å². The first-order valence-corrected chi connectivity index (χ1v) is 7.65. The highest BCUT2D eigenvalue weighted by Crippen LogP contribution is 2.28. The third kappa shape index (κ3) is 5.08. The topological polar surface area (TPSA) is 71.6 Å². The molecule has 0 aliphatic carbocycles. The van der Waals surface area contributed by atoms with Crippen molar-refractivity contribution in [1.29, 1.82) is 0 Å². The van der Waals surface area contributed by atoms with Gasteiger partial charge in [0.15, 0.2) is 0 Å². The molecule has 0 amide bonds. The first-order valence-electron chi connectivity index (χ1n) is 7.65. The molecule has 0 fully saturated rings. The zero-order valence-corrected chi connectivity index (χ0v) is 13.9. The number of nitrogens with zero attached hydrogens (tertiary/aromatic N) is 2. The molecule has 5 nitrogen and oxygen atoms in total.